The minimum absolute atomic E-state index is 0.618. The Hall–Kier alpha value is -0.920. The van der Waals surface area contributed by atoms with E-state index in [4.69, 9.17) is 5.84 Å². The van der Waals surface area contributed by atoms with Gasteiger partial charge >= 0.3 is 0 Å². The van der Waals surface area contributed by atoms with Crippen LogP contribution in [0.4, 0.5) is 11.6 Å². The van der Waals surface area contributed by atoms with Gasteiger partial charge in [0.25, 0.3) is 0 Å². The maximum atomic E-state index is 5.49. The summed E-state index contributed by atoms with van der Waals surface area (Å²) in [5, 5.41) is 0. The maximum absolute atomic E-state index is 5.49. The average molecular weight is 301 g/mol. The van der Waals surface area contributed by atoms with Crippen molar-refractivity contribution in [2.24, 2.45) is 5.84 Å². The van der Waals surface area contributed by atoms with Crippen LogP contribution in [0.2, 0.25) is 0 Å². The zero-order chi connectivity index (χ0) is 12.4. The Bertz CT molecular complexity index is 402. The third-order valence-electron chi connectivity index (χ3n) is 2.93. The topological polar surface area (TPSA) is 70.3 Å². The molecule has 1 aliphatic heterocycles. The van der Waals surface area contributed by atoms with E-state index in [0.29, 0.717) is 5.82 Å². The van der Waals surface area contributed by atoms with E-state index in [0.717, 1.165) is 42.3 Å². The molecule has 0 aliphatic carbocycles. The van der Waals surface area contributed by atoms with E-state index in [1.165, 1.54) is 0 Å². The smallest absolute Gasteiger partial charge is 0.184 e. The predicted octanol–water partition coefficient (Wildman–Crippen LogP) is 0.585. The van der Waals surface area contributed by atoms with Crippen molar-refractivity contribution in [3.63, 3.8) is 0 Å². The predicted molar refractivity (Wildman–Crippen MR) is 72.0 cm³/mol. The molecule has 3 N–H and O–H groups in total. The third kappa shape index (κ3) is 2.67. The Labute approximate surface area is 109 Å². The van der Waals surface area contributed by atoms with Crippen LogP contribution in [0.15, 0.2) is 4.60 Å². The summed E-state index contributed by atoms with van der Waals surface area (Å²) in [5.74, 6) is 6.95. The number of rotatable bonds is 2. The molecule has 2 heterocycles. The number of likely N-dealkylation sites (N-methyl/N-ethyl adjacent to an activating group) is 1. The lowest BCUT2D eigenvalue weighted by molar-refractivity contribution is 0.312. The van der Waals surface area contributed by atoms with Crippen molar-refractivity contribution in [2.75, 3.05) is 43.6 Å². The van der Waals surface area contributed by atoms with Gasteiger partial charge in [-0.2, -0.15) is 0 Å². The van der Waals surface area contributed by atoms with Crippen molar-refractivity contribution in [3.8, 4) is 0 Å². The third-order valence-corrected chi connectivity index (χ3v) is 3.68. The molecule has 1 aromatic heterocycles. The van der Waals surface area contributed by atoms with Gasteiger partial charge in [-0.25, -0.2) is 15.8 Å². The molecule has 94 valence electrons. The quantitative estimate of drug-likeness (QED) is 0.615. The molecule has 0 saturated carbocycles. The summed E-state index contributed by atoms with van der Waals surface area (Å²) >= 11 is 3.36. The highest BCUT2D eigenvalue weighted by Gasteiger charge is 2.20. The second kappa shape index (κ2) is 5.16. The number of nitrogens with two attached hydrogens (primary N) is 1. The Balaban J connectivity index is 2.27. The molecule has 0 atom stereocenters. The molecule has 1 aromatic rings. The molecule has 1 saturated heterocycles. The molecule has 7 heteroatoms. The Kier molecular flexibility index (Phi) is 3.80. The largest absolute Gasteiger partial charge is 0.351 e. The highest BCUT2D eigenvalue weighted by molar-refractivity contribution is 9.10. The Morgan fingerprint density at radius 3 is 2.47 bits per heavy atom. The van der Waals surface area contributed by atoms with Crippen molar-refractivity contribution in [3.05, 3.63) is 10.3 Å². The van der Waals surface area contributed by atoms with Gasteiger partial charge in [0.15, 0.2) is 11.6 Å². The van der Waals surface area contributed by atoms with Crippen molar-refractivity contribution >= 4 is 27.6 Å². The second-order valence-electron chi connectivity index (χ2n) is 4.21. The van der Waals surface area contributed by atoms with Crippen LogP contribution >= 0.6 is 15.9 Å². The summed E-state index contributed by atoms with van der Waals surface area (Å²) in [6, 6.07) is 0. The Morgan fingerprint density at radius 1 is 1.24 bits per heavy atom. The number of nitrogens with one attached hydrogen (secondary N) is 1. The number of hydrogen-bond donors (Lipinski definition) is 2. The molecule has 1 fully saturated rings. The number of aryl methyl sites for hydroxylation is 1. The first-order valence-corrected chi connectivity index (χ1v) is 6.35. The van der Waals surface area contributed by atoms with Gasteiger partial charge in [-0.05, 0) is 29.9 Å². The number of halogens is 1. The summed E-state index contributed by atoms with van der Waals surface area (Å²) in [6.45, 7) is 5.88. The van der Waals surface area contributed by atoms with Crippen molar-refractivity contribution in [1.82, 2.24) is 14.9 Å². The van der Waals surface area contributed by atoms with E-state index in [2.05, 4.69) is 48.2 Å². The summed E-state index contributed by atoms with van der Waals surface area (Å²) in [7, 11) is 2.12. The summed E-state index contributed by atoms with van der Waals surface area (Å²) < 4.78 is 0.725. The fourth-order valence-corrected chi connectivity index (χ4v) is 2.09. The van der Waals surface area contributed by atoms with E-state index in [-0.39, 0.29) is 0 Å². The summed E-state index contributed by atoms with van der Waals surface area (Å²) in [4.78, 5) is 13.4. The van der Waals surface area contributed by atoms with Crippen LogP contribution in [0.25, 0.3) is 0 Å². The van der Waals surface area contributed by atoms with Gasteiger partial charge in [0.2, 0.25) is 0 Å². The summed E-state index contributed by atoms with van der Waals surface area (Å²) in [6.07, 6.45) is 0. The molecule has 17 heavy (non-hydrogen) atoms. The van der Waals surface area contributed by atoms with Gasteiger partial charge in [0.1, 0.15) is 4.60 Å². The molecule has 2 rings (SSSR count). The van der Waals surface area contributed by atoms with Crippen molar-refractivity contribution < 1.29 is 0 Å². The molecule has 0 spiro atoms. The van der Waals surface area contributed by atoms with E-state index in [9.17, 15) is 0 Å². The number of nitrogens with zero attached hydrogens (tertiary/aromatic N) is 4. The van der Waals surface area contributed by atoms with Crippen LogP contribution in [-0.2, 0) is 0 Å². The van der Waals surface area contributed by atoms with E-state index >= 15 is 0 Å². The molecule has 0 aromatic carbocycles. The SMILES string of the molecule is Cc1nc(N2CCN(C)CC2)c(NN)nc1Br. The van der Waals surface area contributed by atoms with E-state index < -0.39 is 0 Å². The van der Waals surface area contributed by atoms with Gasteiger partial charge < -0.3 is 15.2 Å². The molecule has 6 nitrogen and oxygen atoms in total. The minimum atomic E-state index is 0.618. The lowest BCUT2D eigenvalue weighted by atomic mass is 10.3. The first-order valence-electron chi connectivity index (χ1n) is 5.56. The van der Waals surface area contributed by atoms with Gasteiger partial charge in [0.05, 0.1) is 5.69 Å². The number of hydrogen-bond acceptors (Lipinski definition) is 6. The van der Waals surface area contributed by atoms with Gasteiger partial charge in [-0.15, -0.1) is 0 Å². The van der Waals surface area contributed by atoms with E-state index in [1.54, 1.807) is 0 Å². The van der Waals surface area contributed by atoms with Gasteiger partial charge in [0, 0.05) is 26.2 Å². The van der Waals surface area contributed by atoms with Crippen LogP contribution in [0.1, 0.15) is 5.69 Å². The van der Waals surface area contributed by atoms with Crippen LogP contribution in [0, 0.1) is 6.92 Å². The van der Waals surface area contributed by atoms with Crippen molar-refractivity contribution in [1.29, 1.82) is 0 Å². The van der Waals surface area contributed by atoms with Crippen LogP contribution in [0.3, 0.4) is 0 Å². The Morgan fingerprint density at radius 2 is 1.88 bits per heavy atom. The number of piperazine rings is 1. The molecule has 0 bridgehead atoms. The lowest BCUT2D eigenvalue weighted by Crippen LogP contribution is -2.45. The first-order chi connectivity index (χ1) is 8.11. The standard InChI is InChI=1S/C10H17BrN6/c1-7-8(11)14-9(15-12)10(13-7)17-5-3-16(2)4-6-17/h3-6,12H2,1-2H3,(H,14,15). The normalized spacial score (nSPS) is 17.3. The highest BCUT2D eigenvalue weighted by atomic mass is 79.9. The average Bonchev–Trinajstić information content (AvgIpc) is 2.33. The zero-order valence-electron chi connectivity index (χ0n) is 10.1. The van der Waals surface area contributed by atoms with Gasteiger partial charge in [-0.3, -0.25) is 0 Å². The molecular weight excluding hydrogens is 284 g/mol. The second-order valence-corrected chi connectivity index (χ2v) is 4.96. The fraction of sp³-hybridized carbons (Fsp3) is 0.600. The monoisotopic (exact) mass is 300 g/mol. The van der Waals surface area contributed by atoms with Crippen LogP contribution in [0.5, 0.6) is 0 Å². The number of anilines is 2. The zero-order valence-corrected chi connectivity index (χ0v) is 11.7. The first kappa shape index (κ1) is 12.5. The van der Waals surface area contributed by atoms with Crippen LogP contribution in [-0.4, -0.2) is 48.1 Å². The van der Waals surface area contributed by atoms with Gasteiger partial charge in [-0.1, -0.05) is 0 Å². The van der Waals surface area contributed by atoms with E-state index in [1.807, 2.05) is 6.92 Å². The lowest BCUT2D eigenvalue weighted by Gasteiger charge is -2.33. The molecule has 0 amide bonds. The molecular formula is C10H17BrN6. The van der Waals surface area contributed by atoms with Crippen LogP contribution < -0.4 is 16.2 Å². The minimum Gasteiger partial charge on any atom is -0.351 e. The molecule has 0 unspecified atom stereocenters. The fourth-order valence-electron chi connectivity index (χ4n) is 1.82. The molecule has 1 aliphatic rings. The number of aromatic nitrogens is 2. The number of nitrogen functional groups attached to an aromatic ring is 1. The van der Waals surface area contributed by atoms with Crippen molar-refractivity contribution in [2.45, 2.75) is 6.92 Å². The number of hydrazine groups is 1. The molecule has 0 radical (unpaired) electrons. The maximum Gasteiger partial charge on any atom is 0.184 e. The summed E-state index contributed by atoms with van der Waals surface area (Å²) in [5.41, 5.74) is 3.49. The highest BCUT2D eigenvalue weighted by Crippen LogP contribution is 2.25.